The van der Waals surface area contributed by atoms with Crippen molar-refractivity contribution in [3.63, 3.8) is 0 Å². The predicted octanol–water partition coefficient (Wildman–Crippen LogP) is 2.49. The lowest BCUT2D eigenvalue weighted by Gasteiger charge is -2.18. The minimum Gasteiger partial charge on any atom is -0.493 e. The van der Waals surface area contributed by atoms with E-state index in [9.17, 15) is 5.11 Å². The first-order valence-electron chi connectivity index (χ1n) is 9.12. The molecule has 0 radical (unpaired) electrons. The van der Waals surface area contributed by atoms with Gasteiger partial charge in [0.2, 0.25) is 0 Å². The predicted molar refractivity (Wildman–Crippen MR) is 112 cm³/mol. The molecule has 0 amide bonds. The van der Waals surface area contributed by atoms with Gasteiger partial charge in [-0.1, -0.05) is 54.0 Å². The maximum absolute atomic E-state index is 11.2. The SMILES string of the molecule is Bc1cnc2[nH]cc(C(O)c3cccc(OC)c3OCc3ccccc3)c2c1. The van der Waals surface area contributed by atoms with Gasteiger partial charge in [0.05, 0.1) is 7.11 Å². The van der Waals surface area contributed by atoms with Crippen LogP contribution in [0.15, 0.2) is 67.0 Å². The largest absolute Gasteiger partial charge is 0.493 e. The average Bonchev–Trinajstić information content (AvgIpc) is 3.15. The molecule has 0 bridgehead atoms. The Kier molecular flexibility index (Phi) is 5.04. The van der Waals surface area contributed by atoms with Crippen molar-refractivity contribution >= 4 is 24.3 Å². The second-order valence-corrected chi connectivity index (χ2v) is 6.71. The Balaban J connectivity index is 1.72. The van der Waals surface area contributed by atoms with Crippen LogP contribution in [0.1, 0.15) is 22.8 Å². The molecule has 6 heteroatoms. The van der Waals surface area contributed by atoms with E-state index in [0.29, 0.717) is 23.7 Å². The fourth-order valence-corrected chi connectivity index (χ4v) is 3.31. The molecule has 0 aliphatic carbocycles. The Bertz CT molecular complexity index is 1100. The normalized spacial score (nSPS) is 12.1. The minimum atomic E-state index is -0.877. The summed E-state index contributed by atoms with van der Waals surface area (Å²) >= 11 is 0. The zero-order chi connectivity index (χ0) is 19.5. The summed E-state index contributed by atoms with van der Waals surface area (Å²) in [6.45, 7) is 0.384. The van der Waals surface area contributed by atoms with Crippen molar-refractivity contribution in [2.75, 3.05) is 7.11 Å². The Labute approximate surface area is 164 Å². The lowest BCUT2D eigenvalue weighted by atomic mass is 9.95. The molecule has 4 aromatic rings. The van der Waals surface area contributed by atoms with Gasteiger partial charge in [-0.25, -0.2) is 4.98 Å². The number of nitrogens with zero attached hydrogens (tertiary/aromatic N) is 1. The van der Waals surface area contributed by atoms with Crippen LogP contribution in [-0.2, 0) is 6.61 Å². The first-order valence-corrected chi connectivity index (χ1v) is 9.12. The Morgan fingerprint density at radius 1 is 1.11 bits per heavy atom. The molecule has 5 nitrogen and oxygen atoms in total. The van der Waals surface area contributed by atoms with E-state index in [0.717, 1.165) is 27.6 Å². The summed E-state index contributed by atoms with van der Waals surface area (Å²) in [7, 11) is 3.58. The molecular weight excluding hydrogens is 351 g/mol. The molecule has 2 heterocycles. The Hall–Kier alpha value is -3.25. The third kappa shape index (κ3) is 3.46. The minimum absolute atomic E-state index is 0.384. The number of benzene rings is 2. The summed E-state index contributed by atoms with van der Waals surface area (Å²) in [5.41, 5.74) is 4.23. The number of aliphatic hydroxyl groups excluding tert-OH is 1. The van der Waals surface area contributed by atoms with Gasteiger partial charge in [0.1, 0.15) is 26.2 Å². The van der Waals surface area contributed by atoms with Gasteiger partial charge in [-0.3, -0.25) is 0 Å². The van der Waals surface area contributed by atoms with Gasteiger partial charge in [-0.15, -0.1) is 0 Å². The highest BCUT2D eigenvalue weighted by atomic mass is 16.5. The van der Waals surface area contributed by atoms with Gasteiger partial charge in [-0.05, 0) is 11.6 Å². The third-order valence-corrected chi connectivity index (χ3v) is 4.74. The second-order valence-electron chi connectivity index (χ2n) is 6.71. The van der Waals surface area contributed by atoms with Crippen LogP contribution in [0.3, 0.4) is 0 Å². The van der Waals surface area contributed by atoms with E-state index in [1.807, 2.05) is 62.4 Å². The summed E-state index contributed by atoms with van der Waals surface area (Å²) in [6.07, 6.45) is 2.72. The molecule has 0 saturated heterocycles. The van der Waals surface area contributed by atoms with Gasteiger partial charge in [-0.2, -0.15) is 0 Å². The molecular formula is C22H21BN2O3. The van der Waals surface area contributed by atoms with Crippen LogP contribution < -0.4 is 14.9 Å². The van der Waals surface area contributed by atoms with Crippen molar-refractivity contribution < 1.29 is 14.6 Å². The molecule has 1 atom stereocenters. The highest BCUT2D eigenvalue weighted by Gasteiger charge is 2.22. The number of fused-ring (bicyclic) bond motifs is 1. The molecule has 2 N–H and O–H groups in total. The Morgan fingerprint density at radius 3 is 2.71 bits per heavy atom. The van der Waals surface area contributed by atoms with Gasteiger partial charge in [0.15, 0.2) is 11.5 Å². The molecule has 0 aliphatic heterocycles. The highest BCUT2D eigenvalue weighted by Crippen LogP contribution is 2.39. The van der Waals surface area contributed by atoms with Gasteiger partial charge >= 0.3 is 0 Å². The number of ether oxygens (including phenoxy) is 2. The number of methoxy groups -OCH3 is 1. The zero-order valence-electron chi connectivity index (χ0n) is 15.8. The monoisotopic (exact) mass is 372 g/mol. The van der Waals surface area contributed by atoms with E-state index in [4.69, 9.17) is 9.47 Å². The van der Waals surface area contributed by atoms with Gasteiger partial charge in [0.25, 0.3) is 0 Å². The molecule has 0 aliphatic rings. The lowest BCUT2D eigenvalue weighted by molar-refractivity contribution is 0.207. The van der Waals surface area contributed by atoms with Gasteiger partial charge in [0, 0.05) is 28.9 Å². The number of hydrogen-bond donors (Lipinski definition) is 2. The van der Waals surface area contributed by atoms with Crippen LogP contribution in [0.4, 0.5) is 0 Å². The molecule has 2 aromatic carbocycles. The maximum atomic E-state index is 11.2. The average molecular weight is 372 g/mol. The van der Waals surface area contributed by atoms with Crippen LogP contribution in [0, 0.1) is 0 Å². The quantitative estimate of drug-likeness (QED) is 0.511. The first kappa shape index (κ1) is 18.1. The summed E-state index contributed by atoms with van der Waals surface area (Å²) in [4.78, 5) is 7.52. The molecule has 0 spiro atoms. The van der Waals surface area contributed by atoms with E-state index in [1.54, 1.807) is 19.5 Å². The van der Waals surface area contributed by atoms with E-state index in [1.165, 1.54) is 0 Å². The van der Waals surface area contributed by atoms with E-state index in [-0.39, 0.29) is 0 Å². The second kappa shape index (κ2) is 7.78. The number of H-pyrrole nitrogens is 1. The smallest absolute Gasteiger partial charge is 0.167 e. The van der Waals surface area contributed by atoms with E-state index >= 15 is 0 Å². The fraction of sp³-hybridized carbons (Fsp3) is 0.136. The third-order valence-electron chi connectivity index (χ3n) is 4.74. The van der Waals surface area contributed by atoms with Crippen molar-refractivity contribution in [1.29, 1.82) is 0 Å². The number of para-hydroxylation sites is 1. The van der Waals surface area contributed by atoms with Crippen LogP contribution >= 0.6 is 0 Å². The van der Waals surface area contributed by atoms with Crippen molar-refractivity contribution in [1.82, 2.24) is 9.97 Å². The van der Waals surface area contributed by atoms with Crippen LogP contribution in [0.5, 0.6) is 11.5 Å². The van der Waals surface area contributed by atoms with Crippen molar-refractivity contribution in [2.45, 2.75) is 12.7 Å². The molecule has 0 saturated carbocycles. The number of rotatable bonds is 6. The Morgan fingerprint density at radius 2 is 1.93 bits per heavy atom. The van der Waals surface area contributed by atoms with Crippen LogP contribution in [0.2, 0.25) is 0 Å². The number of aromatic amines is 1. The molecule has 0 fully saturated rings. The number of hydrogen-bond acceptors (Lipinski definition) is 4. The summed E-state index contributed by atoms with van der Waals surface area (Å²) in [6, 6.07) is 17.5. The number of aromatic nitrogens is 2. The topological polar surface area (TPSA) is 67.4 Å². The fourth-order valence-electron chi connectivity index (χ4n) is 3.31. The van der Waals surface area contributed by atoms with Crippen molar-refractivity contribution in [3.8, 4) is 11.5 Å². The van der Waals surface area contributed by atoms with Crippen molar-refractivity contribution in [2.24, 2.45) is 0 Å². The lowest BCUT2D eigenvalue weighted by Crippen LogP contribution is -2.07. The van der Waals surface area contributed by atoms with Crippen molar-refractivity contribution in [3.05, 3.63) is 83.7 Å². The molecule has 140 valence electrons. The zero-order valence-corrected chi connectivity index (χ0v) is 15.8. The summed E-state index contributed by atoms with van der Waals surface area (Å²) in [5, 5.41) is 12.1. The summed E-state index contributed by atoms with van der Waals surface area (Å²) < 4.78 is 11.6. The molecule has 4 rings (SSSR count). The first-order chi connectivity index (χ1) is 13.7. The molecule has 2 aromatic heterocycles. The molecule has 28 heavy (non-hydrogen) atoms. The molecule has 1 unspecified atom stereocenters. The number of pyridine rings is 1. The van der Waals surface area contributed by atoms with E-state index in [2.05, 4.69) is 9.97 Å². The van der Waals surface area contributed by atoms with Gasteiger partial charge < -0.3 is 19.6 Å². The maximum Gasteiger partial charge on any atom is 0.167 e. The summed E-state index contributed by atoms with van der Waals surface area (Å²) in [5.74, 6) is 1.12. The standard InChI is InChI=1S/C22H21BN2O3/c1-27-19-9-5-8-16(21(19)28-13-14-6-3-2-4-7-14)20(26)18-12-25-22-17(18)10-15(23)11-24-22/h2-12,20,26H,13,23H2,1H3,(H,24,25). The highest BCUT2D eigenvalue weighted by molar-refractivity contribution is 6.32. The number of nitrogens with one attached hydrogen (secondary N) is 1. The number of aliphatic hydroxyl groups is 1. The van der Waals surface area contributed by atoms with Crippen LogP contribution in [-0.4, -0.2) is 30.0 Å². The van der Waals surface area contributed by atoms with E-state index < -0.39 is 6.10 Å². The van der Waals surface area contributed by atoms with Crippen LogP contribution in [0.25, 0.3) is 11.0 Å².